The monoisotopic (exact) mass is 290 g/mol. The fourth-order valence-corrected chi connectivity index (χ4v) is 3.31. The lowest BCUT2D eigenvalue weighted by atomic mass is 10.1. The van der Waals surface area contributed by atoms with Gasteiger partial charge in [-0.1, -0.05) is 48.5 Å². The molecule has 0 bridgehead atoms. The molecule has 0 amide bonds. The first-order chi connectivity index (χ1) is 9.27. The molecule has 0 unspecified atom stereocenters. The smallest absolute Gasteiger partial charge is 0.0464 e. The molecule has 0 spiro atoms. The summed E-state index contributed by atoms with van der Waals surface area (Å²) >= 11 is 3.02. The Labute approximate surface area is 124 Å². The SMILES string of the molecule is Cc1ccccc1CSOSCc1ccccc1C. The Morgan fingerprint density at radius 3 is 1.58 bits per heavy atom. The average molecular weight is 290 g/mol. The fraction of sp³-hybridized carbons (Fsp3) is 0.250. The van der Waals surface area contributed by atoms with Crippen LogP contribution in [0.1, 0.15) is 22.3 Å². The first-order valence-electron chi connectivity index (χ1n) is 6.27. The van der Waals surface area contributed by atoms with Crippen LogP contribution in [0.4, 0.5) is 0 Å². The van der Waals surface area contributed by atoms with E-state index in [0.29, 0.717) is 0 Å². The third-order valence-electron chi connectivity index (χ3n) is 3.05. The van der Waals surface area contributed by atoms with E-state index < -0.39 is 0 Å². The molecule has 19 heavy (non-hydrogen) atoms. The van der Waals surface area contributed by atoms with Gasteiger partial charge in [0.1, 0.15) is 0 Å². The van der Waals surface area contributed by atoms with Crippen LogP contribution in [0.3, 0.4) is 0 Å². The van der Waals surface area contributed by atoms with Crippen molar-refractivity contribution in [2.24, 2.45) is 0 Å². The summed E-state index contributed by atoms with van der Waals surface area (Å²) in [7, 11) is 0. The second-order valence-corrected chi connectivity index (χ2v) is 6.04. The van der Waals surface area contributed by atoms with Gasteiger partial charge >= 0.3 is 0 Å². The molecule has 2 rings (SSSR count). The minimum atomic E-state index is 0.896. The summed E-state index contributed by atoms with van der Waals surface area (Å²) in [4.78, 5) is 0. The van der Waals surface area contributed by atoms with Gasteiger partial charge in [0, 0.05) is 35.6 Å². The molecule has 0 saturated carbocycles. The Morgan fingerprint density at radius 1 is 0.737 bits per heavy atom. The molecular weight excluding hydrogens is 272 g/mol. The number of hydrogen-bond donors (Lipinski definition) is 0. The predicted molar refractivity (Wildman–Crippen MR) is 86.0 cm³/mol. The maximum absolute atomic E-state index is 5.58. The molecule has 0 radical (unpaired) electrons. The van der Waals surface area contributed by atoms with Crippen LogP contribution < -0.4 is 0 Å². The van der Waals surface area contributed by atoms with E-state index in [1.807, 2.05) is 0 Å². The minimum absolute atomic E-state index is 0.896. The van der Waals surface area contributed by atoms with Gasteiger partial charge in [0.25, 0.3) is 0 Å². The molecule has 3 heteroatoms. The lowest BCUT2D eigenvalue weighted by Gasteiger charge is -2.06. The van der Waals surface area contributed by atoms with Crippen LogP contribution in [0.15, 0.2) is 48.5 Å². The quantitative estimate of drug-likeness (QED) is 0.526. The van der Waals surface area contributed by atoms with E-state index in [0.717, 1.165) is 11.5 Å². The van der Waals surface area contributed by atoms with Gasteiger partial charge in [0.15, 0.2) is 0 Å². The predicted octanol–water partition coefficient (Wildman–Crippen LogP) is 5.32. The number of benzene rings is 2. The van der Waals surface area contributed by atoms with Crippen molar-refractivity contribution in [2.45, 2.75) is 25.4 Å². The Bertz CT molecular complexity index is 478. The fourth-order valence-electron chi connectivity index (χ4n) is 1.75. The number of aryl methyl sites for hydroxylation is 2. The van der Waals surface area contributed by atoms with Crippen LogP contribution in [-0.2, 0) is 15.1 Å². The highest BCUT2D eigenvalue weighted by Gasteiger charge is 2.00. The van der Waals surface area contributed by atoms with Crippen LogP contribution in [0, 0.1) is 13.8 Å². The van der Waals surface area contributed by atoms with Gasteiger partial charge in [-0.15, -0.1) is 0 Å². The van der Waals surface area contributed by atoms with Gasteiger partial charge in [0.2, 0.25) is 0 Å². The molecule has 2 aromatic carbocycles. The van der Waals surface area contributed by atoms with Crippen LogP contribution in [0.5, 0.6) is 0 Å². The van der Waals surface area contributed by atoms with E-state index in [1.54, 1.807) is 0 Å². The van der Waals surface area contributed by atoms with Crippen molar-refractivity contribution in [2.75, 3.05) is 0 Å². The molecule has 2 aromatic rings. The molecule has 0 aromatic heterocycles. The van der Waals surface area contributed by atoms with Crippen molar-refractivity contribution < 1.29 is 3.63 Å². The second kappa shape index (κ2) is 7.63. The summed E-state index contributed by atoms with van der Waals surface area (Å²) in [6.07, 6.45) is 0. The summed E-state index contributed by atoms with van der Waals surface area (Å²) in [6.45, 7) is 4.27. The second-order valence-electron chi connectivity index (χ2n) is 4.45. The zero-order valence-electron chi connectivity index (χ0n) is 11.3. The van der Waals surface area contributed by atoms with E-state index >= 15 is 0 Å². The van der Waals surface area contributed by atoms with E-state index in [4.69, 9.17) is 3.63 Å². The largest absolute Gasteiger partial charge is 0.247 e. The van der Waals surface area contributed by atoms with E-state index in [-0.39, 0.29) is 0 Å². The first-order valence-corrected chi connectivity index (χ1v) is 8.09. The topological polar surface area (TPSA) is 9.23 Å². The zero-order valence-corrected chi connectivity index (χ0v) is 12.9. The Balaban J connectivity index is 1.71. The van der Waals surface area contributed by atoms with Crippen LogP contribution in [0.2, 0.25) is 0 Å². The van der Waals surface area contributed by atoms with Gasteiger partial charge in [-0.25, -0.2) is 3.63 Å². The molecule has 0 aliphatic rings. The highest BCUT2D eigenvalue weighted by molar-refractivity contribution is 8.07. The van der Waals surface area contributed by atoms with Crippen molar-refractivity contribution >= 4 is 24.1 Å². The molecule has 0 aliphatic heterocycles. The van der Waals surface area contributed by atoms with E-state index in [1.165, 1.54) is 46.3 Å². The Kier molecular flexibility index (Phi) is 5.83. The van der Waals surface area contributed by atoms with Gasteiger partial charge in [-0.3, -0.25) is 0 Å². The summed E-state index contributed by atoms with van der Waals surface area (Å²) in [5, 5.41) is 0. The molecule has 0 heterocycles. The lowest BCUT2D eigenvalue weighted by Crippen LogP contribution is -1.86. The third-order valence-corrected chi connectivity index (χ3v) is 4.68. The summed E-state index contributed by atoms with van der Waals surface area (Å²) in [6, 6.07) is 16.9. The first kappa shape index (κ1) is 14.5. The van der Waals surface area contributed by atoms with Crippen LogP contribution in [-0.4, -0.2) is 0 Å². The average Bonchev–Trinajstić information content (AvgIpc) is 2.42. The van der Waals surface area contributed by atoms with Crippen molar-refractivity contribution in [3.05, 3.63) is 70.8 Å². The third kappa shape index (κ3) is 4.60. The highest BCUT2D eigenvalue weighted by Crippen LogP contribution is 2.25. The van der Waals surface area contributed by atoms with Crippen LogP contribution in [0.25, 0.3) is 0 Å². The minimum Gasteiger partial charge on any atom is -0.247 e. The molecular formula is C16H18OS2. The number of hydrogen-bond acceptors (Lipinski definition) is 3. The molecule has 100 valence electrons. The normalized spacial score (nSPS) is 10.6. The Hall–Kier alpha value is -0.900. The van der Waals surface area contributed by atoms with Crippen LogP contribution >= 0.6 is 24.1 Å². The standard InChI is InChI=1S/C16H18OS2/c1-13-7-3-5-9-15(13)11-18-17-19-12-16-10-6-4-8-14(16)2/h3-10H,11-12H2,1-2H3. The van der Waals surface area contributed by atoms with Crippen molar-refractivity contribution in [1.82, 2.24) is 0 Å². The van der Waals surface area contributed by atoms with Crippen molar-refractivity contribution in [3.8, 4) is 0 Å². The molecule has 0 N–H and O–H groups in total. The van der Waals surface area contributed by atoms with Gasteiger partial charge < -0.3 is 0 Å². The van der Waals surface area contributed by atoms with Crippen molar-refractivity contribution in [1.29, 1.82) is 0 Å². The summed E-state index contributed by atoms with van der Waals surface area (Å²) in [5.41, 5.74) is 5.32. The van der Waals surface area contributed by atoms with Gasteiger partial charge in [0.05, 0.1) is 0 Å². The summed E-state index contributed by atoms with van der Waals surface area (Å²) < 4.78 is 5.58. The van der Waals surface area contributed by atoms with E-state index in [9.17, 15) is 0 Å². The van der Waals surface area contributed by atoms with Gasteiger partial charge in [-0.2, -0.15) is 0 Å². The lowest BCUT2D eigenvalue weighted by molar-refractivity contribution is 0.754. The highest BCUT2D eigenvalue weighted by atomic mass is 32.2. The Morgan fingerprint density at radius 2 is 1.16 bits per heavy atom. The van der Waals surface area contributed by atoms with Crippen molar-refractivity contribution in [3.63, 3.8) is 0 Å². The zero-order chi connectivity index (χ0) is 13.5. The summed E-state index contributed by atoms with van der Waals surface area (Å²) in [5.74, 6) is 1.79. The number of rotatable bonds is 6. The molecule has 1 nitrogen and oxygen atoms in total. The molecule has 0 fully saturated rings. The van der Waals surface area contributed by atoms with E-state index in [2.05, 4.69) is 62.4 Å². The van der Waals surface area contributed by atoms with Gasteiger partial charge in [-0.05, 0) is 36.1 Å². The molecule has 0 aliphatic carbocycles. The molecule has 0 atom stereocenters. The maximum atomic E-state index is 5.58. The maximum Gasteiger partial charge on any atom is 0.0464 e. The molecule has 0 saturated heterocycles.